The van der Waals surface area contributed by atoms with E-state index in [9.17, 15) is 4.79 Å². The van der Waals surface area contributed by atoms with Crippen LogP contribution in [0.5, 0.6) is 11.5 Å². The van der Waals surface area contributed by atoms with Crippen LogP contribution in [-0.2, 0) is 11.2 Å². The summed E-state index contributed by atoms with van der Waals surface area (Å²) in [6.07, 6.45) is 3.38. The van der Waals surface area contributed by atoms with Crippen molar-refractivity contribution in [2.24, 2.45) is 0 Å². The number of ether oxygens (including phenoxy) is 2. The van der Waals surface area contributed by atoms with Crippen molar-refractivity contribution in [1.82, 2.24) is 4.90 Å². The van der Waals surface area contributed by atoms with Gasteiger partial charge >= 0.3 is 0 Å². The third-order valence-electron chi connectivity index (χ3n) is 5.09. The minimum atomic E-state index is -0.0211. The molecule has 1 aliphatic carbocycles. The number of aryl methyl sites for hydroxylation is 1. The number of hydrogen-bond donors (Lipinski definition) is 1. The molecule has 0 saturated carbocycles. The van der Waals surface area contributed by atoms with Crippen LogP contribution in [0.3, 0.4) is 0 Å². The summed E-state index contributed by atoms with van der Waals surface area (Å²) in [5.74, 6) is 1.39. The van der Waals surface area contributed by atoms with Gasteiger partial charge in [-0.25, -0.2) is 0 Å². The number of benzene rings is 2. The van der Waals surface area contributed by atoms with E-state index in [-0.39, 0.29) is 5.91 Å². The molecule has 5 nitrogen and oxygen atoms in total. The van der Waals surface area contributed by atoms with Gasteiger partial charge in [0, 0.05) is 17.8 Å². The first-order valence-corrected chi connectivity index (χ1v) is 9.18. The molecule has 4 rings (SSSR count). The molecule has 0 aromatic heterocycles. The van der Waals surface area contributed by atoms with Gasteiger partial charge < -0.3 is 14.8 Å². The largest absolute Gasteiger partial charge is 0.486 e. The van der Waals surface area contributed by atoms with Gasteiger partial charge in [-0.1, -0.05) is 24.3 Å². The number of carbonyl (C=O) groups is 1. The molecule has 0 bridgehead atoms. The third kappa shape index (κ3) is 3.53. The molecule has 136 valence electrons. The minimum absolute atomic E-state index is 0.0211. The molecular weight excluding hydrogens is 328 g/mol. The molecule has 0 spiro atoms. The van der Waals surface area contributed by atoms with Gasteiger partial charge in [-0.2, -0.15) is 0 Å². The molecule has 26 heavy (non-hydrogen) atoms. The van der Waals surface area contributed by atoms with Crippen molar-refractivity contribution in [2.45, 2.75) is 25.3 Å². The highest BCUT2D eigenvalue weighted by molar-refractivity contribution is 5.92. The first kappa shape index (κ1) is 16.9. The number of carbonyl (C=O) groups excluding carboxylic acids is 1. The second-order valence-electron chi connectivity index (χ2n) is 6.93. The normalized spacial score (nSPS) is 18.3. The van der Waals surface area contributed by atoms with E-state index in [0.717, 1.165) is 30.7 Å². The highest BCUT2D eigenvalue weighted by atomic mass is 16.6. The molecule has 1 atom stereocenters. The smallest absolute Gasteiger partial charge is 0.238 e. The van der Waals surface area contributed by atoms with E-state index in [4.69, 9.17) is 9.47 Å². The minimum Gasteiger partial charge on any atom is -0.486 e. The Labute approximate surface area is 153 Å². The lowest BCUT2D eigenvalue weighted by Crippen LogP contribution is -2.34. The topological polar surface area (TPSA) is 50.8 Å². The van der Waals surface area contributed by atoms with Crippen molar-refractivity contribution in [2.75, 3.05) is 32.1 Å². The van der Waals surface area contributed by atoms with Crippen LogP contribution >= 0.6 is 0 Å². The molecule has 1 unspecified atom stereocenters. The average molecular weight is 352 g/mol. The van der Waals surface area contributed by atoms with Gasteiger partial charge in [0.2, 0.25) is 5.91 Å². The van der Waals surface area contributed by atoms with Crippen LogP contribution in [-0.4, -0.2) is 37.6 Å². The molecule has 1 amide bonds. The molecule has 1 aliphatic heterocycles. The summed E-state index contributed by atoms with van der Waals surface area (Å²) in [6.45, 7) is 1.45. The molecule has 2 aromatic rings. The zero-order valence-corrected chi connectivity index (χ0v) is 15.0. The Morgan fingerprint density at radius 1 is 1.15 bits per heavy atom. The van der Waals surface area contributed by atoms with E-state index in [1.54, 1.807) is 0 Å². The average Bonchev–Trinajstić information content (AvgIpc) is 2.67. The molecule has 0 radical (unpaired) electrons. The number of likely N-dealkylation sites (N-methyl/N-ethyl adjacent to an activating group) is 1. The quantitative estimate of drug-likeness (QED) is 0.916. The third-order valence-corrected chi connectivity index (χ3v) is 5.09. The van der Waals surface area contributed by atoms with E-state index < -0.39 is 0 Å². The summed E-state index contributed by atoms with van der Waals surface area (Å²) < 4.78 is 11.1. The van der Waals surface area contributed by atoms with Crippen molar-refractivity contribution < 1.29 is 14.3 Å². The molecule has 2 aromatic carbocycles. The van der Waals surface area contributed by atoms with E-state index in [2.05, 4.69) is 34.5 Å². The standard InChI is InChI=1S/C21H24N2O3/c1-23(18-8-4-6-15-5-2-3-7-17(15)18)14-21(24)22-16-9-10-19-20(13-16)26-12-11-25-19/h2-3,5,7,9-10,13,18H,4,6,8,11-12,14H2,1H3,(H,22,24). The van der Waals surface area contributed by atoms with Crippen molar-refractivity contribution in [1.29, 1.82) is 0 Å². The summed E-state index contributed by atoms with van der Waals surface area (Å²) in [5, 5.41) is 2.97. The Morgan fingerprint density at radius 3 is 2.85 bits per heavy atom. The van der Waals surface area contributed by atoms with Crippen molar-refractivity contribution >= 4 is 11.6 Å². The van der Waals surface area contributed by atoms with Crippen molar-refractivity contribution in [3.05, 3.63) is 53.6 Å². The highest BCUT2D eigenvalue weighted by Gasteiger charge is 2.24. The van der Waals surface area contributed by atoms with Gasteiger partial charge in [0.15, 0.2) is 11.5 Å². The number of nitrogens with one attached hydrogen (secondary N) is 1. The van der Waals surface area contributed by atoms with Gasteiger partial charge in [-0.05, 0) is 49.6 Å². The number of amides is 1. The monoisotopic (exact) mass is 352 g/mol. The van der Waals surface area contributed by atoms with E-state index in [1.807, 2.05) is 25.2 Å². The molecule has 1 N–H and O–H groups in total. The molecule has 0 fully saturated rings. The Hall–Kier alpha value is -2.53. The Balaban J connectivity index is 1.41. The lowest BCUT2D eigenvalue weighted by molar-refractivity contribution is -0.117. The maximum atomic E-state index is 12.5. The number of nitrogens with zero attached hydrogens (tertiary/aromatic N) is 1. The second kappa shape index (κ2) is 7.38. The fourth-order valence-electron chi connectivity index (χ4n) is 3.84. The van der Waals surface area contributed by atoms with Gasteiger partial charge in [0.1, 0.15) is 13.2 Å². The zero-order chi connectivity index (χ0) is 17.9. The Kier molecular flexibility index (Phi) is 4.80. The Bertz CT molecular complexity index is 806. The first-order chi connectivity index (χ1) is 12.7. The van der Waals surface area contributed by atoms with Crippen LogP contribution < -0.4 is 14.8 Å². The molecule has 5 heteroatoms. The molecule has 2 aliphatic rings. The van der Waals surface area contributed by atoms with Crippen LogP contribution in [0, 0.1) is 0 Å². The van der Waals surface area contributed by atoms with Gasteiger partial charge in [0.05, 0.1) is 6.54 Å². The summed E-state index contributed by atoms with van der Waals surface area (Å²) >= 11 is 0. The fourth-order valence-corrected chi connectivity index (χ4v) is 3.84. The molecule has 0 saturated heterocycles. The number of fused-ring (bicyclic) bond motifs is 2. The first-order valence-electron chi connectivity index (χ1n) is 9.18. The zero-order valence-electron chi connectivity index (χ0n) is 15.0. The maximum absolute atomic E-state index is 12.5. The Morgan fingerprint density at radius 2 is 1.96 bits per heavy atom. The predicted molar refractivity (Wildman–Crippen MR) is 101 cm³/mol. The van der Waals surface area contributed by atoms with Crippen LogP contribution in [0.15, 0.2) is 42.5 Å². The van der Waals surface area contributed by atoms with Crippen LogP contribution in [0.25, 0.3) is 0 Å². The van der Waals surface area contributed by atoms with Gasteiger partial charge in [0.25, 0.3) is 0 Å². The second-order valence-corrected chi connectivity index (χ2v) is 6.93. The number of rotatable bonds is 4. The van der Waals surface area contributed by atoms with Gasteiger partial charge in [-0.3, -0.25) is 9.69 Å². The number of anilines is 1. The summed E-state index contributed by atoms with van der Waals surface area (Å²) in [5.41, 5.74) is 3.49. The predicted octanol–water partition coefficient (Wildman–Crippen LogP) is 3.41. The maximum Gasteiger partial charge on any atom is 0.238 e. The molecule has 1 heterocycles. The summed E-state index contributed by atoms with van der Waals surface area (Å²) in [4.78, 5) is 14.7. The van der Waals surface area contributed by atoms with Crippen LogP contribution in [0.2, 0.25) is 0 Å². The summed E-state index contributed by atoms with van der Waals surface area (Å²) in [7, 11) is 2.02. The molecular formula is C21H24N2O3. The summed E-state index contributed by atoms with van der Waals surface area (Å²) in [6, 6.07) is 14.4. The lowest BCUT2D eigenvalue weighted by Gasteiger charge is -2.32. The highest BCUT2D eigenvalue weighted by Crippen LogP contribution is 2.34. The SMILES string of the molecule is CN(CC(=O)Nc1ccc2c(c1)OCCO2)C1CCCc2ccccc21. The van der Waals surface area contributed by atoms with Crippen molar-refractivity contribution in [3.63, 3.8) is 0 Å². The lowest BCUT2D eigenvalue weighted by atomic mass is 9.87. The van der Waals surface area contributed by atoms with E-state index >= 15 is 0 Å². The van der Waals surface area contributed by atoms with Crippen LogP contribution in [0.1, 0.15) is 30.0 Å². The number of hydrogen-bond acceptors (Lipinski definition) is 4. The van der Waals surface area contributed by atoms with Crippen LogP contribution in [0.4, 0.5) is 5.69 Å². The van der Waals surface area contributed by atoms with Gasteiger partial charge in [-0.15, -0.1) is 0 Å². The van der Waals surface area contributed by atoms with Crippen molar-refractivity contribution in [3.8, 4) is 11.5 Å². The fraction of sp³-hybridized carbons (Fsp3) is 0.381. The van der Waals surface area contributed by atoms with E-state index in [1.165, 1.54) is 11.1 Å². The van der Waals surface area contributed by atoms with E-state index in [0.29, 0.717) is 31.5 Å².